The molecule has 114 valence electrons. The molecule has 1 N–H and O–H groups in total. The average molecular weight is 295 g/mol. The number of quaternary nitrogens is 1. The number of amides is 1. The number of benzene rings is 2. The zero-order valence-corrected chi connectivity index (χ0v) is 13.1. The minimum Gasteiger partial charge on any atom is -0.332 e. The molecule has 1 heterocycles. The monoisotopic (exact) mass is 295 g/mol. The van der Waals surface area contributed by atoms with E-state index >= 15 is 0 Å². The number of rotatable bonds is 3. The lowest BCUT2D eigenvalue weighted by atomic mass is 10.0. The summed E-state index contributed by atoms with van der Waals surface area (Å²) in [7, 11) is 0. The number of likely N-dealkylation sites (N-methyl/N-ethyl adjacent to an activating group) is 1. The Kier molecular flexibility index (Phi) is 4.54. The maximum atomic E-state index is 12.6. The SMILES string of the molecule is CC[NH+]1CCN(C(=O)c2ccc(-c3ccccc3)cc2)CC1. The van der Waals surface area contributed by atoms with Crippen LogP contribution < -0.4 is 4.90 Å². The summed E-state index contributed by atoms with van der Waals surface area (Å²) < 4.78 is 0. The summed E-state index contributed by atoms with van der Waals surface area (Å²) in [4.78, 5) is 16.1. The number of carbonyl (C=O) groups excluding carboxylic acids is 1. The molecule has 0 atom stereocenters. The van der Waals surface area contributed by atoms with Crippen LogP contribution >= 0.6 is 0 Å². The lowest BCUT2D eigenvalue weighted by Gasteiger charge is -2.31. The lowest BCUT2D eigenvalue weighted by molar-refractivity contribution is -0.902. The van der Waals surface area contributed by atoms with Crippen LogP contribution in [0.25, 0.3) is 11.1 Å². The molecule has 3 rings (SSSR count). The van der Waals surface area contributed by atoms with Gasteiger partial charge in [0, 0.05) is 5.56 Å². The van der Waals surface area contributed by atoms with Crippen LogP contribution in [0.2, 0.25) is 0 Å². The molecule has 0 saturated carbocycles. The third kappa shape index (κ3) is 3.20. The molecule has 0 aliphatic carbocycles. The summed E-state index contributed by atoms with van der Waals surface area (Å²) in [5.41, 5.74) is 3.12. The number of hydrogen-bond donors (Lipinski definition) is 1. The first-order valence-electron chi connectivity index (χ1n) is 8.06. The fourth-order valence-electron chi connectivity index (χ4n) is 3.00. The highest BCUT2D eigenvalue weighted by molar-refractivity contribution is 5.94. The van der Waals surface area contributed by atoms with Crippen molar-refractivity contribution in [3.63, 3.8) is 0 Å². The van der Waals surface area contributed by atoms with Crippen LogP contribution in [0.4, 0.5) is 0 Å². The van der Waals surface area contributed by atoms with Crippen LogP contribution in [0.15, 0.2) is 54.6 Å². The van der Waals surface area contributed by atoms with E-state index in [0.29, 0.717) is 0 Å². The smallest absolute Gasteiger partial charge is 0.254 e. The molecule has 1 aliphatic rings. The average Bonchev–Trinajstić information content (AvgIpc) is 2.62. The fourth-order valence-corrected chi connectivity index (χ4v) is 3.00. The molecule has 3 heteroatoms. The first-order valence-corrected chi connectivity index (χ1v) is 8.06. The Hall–Kier alpha value is -2.13. The molecular weight excluding hydrogens is 272 g/mol. The van der Waals surface area contributed by atoms with Crippen LogP contribution in [0.1, 0.15) is 17.3 Å². The van der Waals surface area contributed by atoms with E-state index in [4.69, 9.17) is 0 Å². The molecule has 1 aliphatic heterocycles. The Morgan fingerprint density at radius 3 is 2.14 bits per heavy atom. The zero-order chi connectivity index (χ0) is 15.4. The van der Waals surface area contributed by atoms with Crippen molar-refractivity contribution in [3.05, 3.63) is 60.2 Å². The van der Waals surface area contributed by atoms with Crippen LogP contribution in [0.5, 0.6) is 0 Å². The molecule has 0 aromatic heterocycles. The van der Waals surface area contributed by atoms with Gasteiger partial charge in [-0.2, -0.15) is 0 Å². The molecule has 3 nitrogen and oxygen atoms in total. The fraction of sp³-hybridized carbons (Fsp3) is 0.316. The van der Waals surface area contributed by atoms with Crippen LogP contribution in [0, 0.1) is 0 Å². The summed E-state index contributed by atoms with van der Waals surface area (Å²) in [5, 5.41) is 0. The Morgan fingerprint density at radius 2 is 1.55 bits per heavy atom. The van der Waals surface area contributed by atoms with Gasteiger partial charge < -0.3 is 9.80 Å². The normalized spacial score (nSPS) is 15.8. The van der Waals surface area contributed by atoms with Gasteiger partial charge in [0.25, 0.3) is 5.91 Å². The molecule has 0 radical (unpaired) electrons. The minimum atomic E-state index is 0.162. The second-order valence-corrected chi connectivity index (χ2v) is 5.84. The zero-order valence-electron chi connectivity index (χ0n) is 13.1. The van der Waals surface area contributed by atoms with Crippen molar-refractivity contribution in [3.8, 4) is 11.1 Å². The van der Waals surface area contributed by atoms with Gasteiger partial charge in [-0.15, -0.1) is 0 Å². The third-order valence-corrected chi connectivity index (χ3v) is 4.50. The van der Waals surface area contributed by atoms with Gasteiger partial charge in [-0.3, -0.25) is 4.79 Å². The summed E-state index contributed by atoms with van der Waals surface area (Å²) in [6.45, 7) is 7.20. The van der Waals surface area contributed by atoms with Gasteiger partial charge in [0.15, 0.2) is 0 Å². The van der Waals surface area contributed by atoms with Crippen LogP contribution in [-0.2, 0) is 0 Å². The van der Waals surface area contributed by atoms with E-state index in [0.717, 1.165) is 43.9 Å². The van der Waals surface area contributed by atoms with E-state index in [9.17, 15) is 4.79 Å². The van der Waals surface area contributed by atoms with E-state index in [1.807, 2.05) is 47.4 Å². The molecule has 0 spiro atoms. The van der Waals surface area contributed by atoms with Gasteiger partial charge in [-0.1, -0.05) is 42.5 Å². The highest BCUT2D eigenvalue weighted by Gasteiger charge is 2.23. The molecular formula is C19H23N2O+. The maximum Gasteiger partial charge on any atom is 0.254 e. The van der Waals surface area contributed by atoms with Gasteiger partial charge in [-0.05, 0) is 30.2 Å². The molecule has 2 aromatic carbocycles. The van der Waals surface area contributed by atoms with Crippen molar-refractivity contribution < 1.29 is 9.69 Å². The van der Waals surface area contributed by atoms with E-state index in [2.05, 4.69) is 19.1 Å². The van der Waals surface area contributed by atoms with E-state index in [1.165, 1.54) is 5.56 Å². The highest BCUT2D eigenvalue weighted by atomic mass is 16.2. The van der Waals surface area contributed by atoms with Crippen LogP contribution in [0.3, 0.4) is 0 Å². The first kappa shape index (κ1) is 14.8. The topological polar surface area (TPSA) is 24.8 Å². The predicted molar refractivity (Wildman–Crippen MR) is 89.0 cm³/mol. The van der Waals surface area contributed by atoms with E-state index in [-0.39, 0.29) is 5.91 Å². The molecule has 1 fully saturated rings. The number of carbonyl (C=O) groups is 1. The molecule has 1 saturated heterocycles. The van der Waals surface area contributed by atoms with Gasteiger partial charge >= 0.3 is 0 Å². The van der Waals surface area contributed by atoms with Gasteiger partial charge in [-0.25, -0.2) is 0 Å². The van der Waals surface area contributed by atoms with Crippen molar-refractivity contribution >= 4 is 5.91 Å². The third-order valence-electron chi connectivity index (χ3n) is 4.50. The van der Waals surface area contributed by atoms with Crippen molar-refractivity contribution in [2.24, 2.45) is 0 Å². The van der Waals surface area contributed by atoms with Crippen molar-refractivity contribution in [1.29, 1.82) is 0 Å². The number of nitrogens with one attached hydrogen (secondary N) is 1. The van der Waals surface area contributed by atoms with Gasteiger partial charge in [0.05, 0.1) is 32.7 Å². The Bertz CT molecular complexity index is 614. The number of nitrogens with zero attached hydrogens (tertiary/aromatic N) is 1. The number of hydrogen-bond acceptors (Lipinski definition) is 1. The first-order chi connectivity index (χ1) is 10.8. The van der Waals surface area contributed by atoms with Gasteiger partial charge in [0.2, 0.25) is 0 Å². The van der Waals surface area contributed by atoms with Crippen molar-refractivity contribution in [2.75, 3.05) is 32.7 Å². The van der Waals surface area contributed by atoms with E-state index in [1.54, 1.807) is 4.90 Å². The second kappa shape index (κ2) is 6.75. The molecule has 1 amide bonds. The van der Waals surface area contributed by atoms with Gasteiger partial charge in [0.1, 0.15) is 0 Å². The van der Waals surface area contributed by atoms with Crippen LogP contribution in [-0.4, -0.2) is 43.5 Å². The maximum absolute atomic E-state index is 12.6. The Balaban J connectivity index is 1.69. The standard InChI is InChI=1S/C19H22N2O/c1-2-20-12-14-21(15-13-20)19(22)18-10-8-17(9-11-18)16-6-4-3-5-7-16/h3-11H,2,12-15H2,1H3/p+1. The minimum absolute atomic E-state index is 0.162. The van der Waals surface area contributed by atoms with Crippen molar-refractivity contribution in [1.82, 2.24) is 4.90 Å². The molecule has 2 aromatic rings. The van der Waals surface area contributed by atoms with E-state index < -0.39 is 0 Å². The van der Waals surface area contributed by atoms with Crippen molar-refractivity contribution in [2.45, 2.75) is 6.92 Å². The summed E-state index contributed by atoms with van der Waals surface area (Å²) in [6, 6.07) is 18.2. The molecule has 0 bridgehead atoms. The quantitative estimate of drug-likeness (QED) is 0.916. The largest absolute Gasteiger partial charge is 0.332 e. The second-order valence-electron chi connectivity index (χ2n) is 5.84. The summed E-state index contributed by atoms with van der Waals surface area (Å²) in [6.07, 6.45) is 0. The highest BCUT2D eigenvalue weighted by Crippen LogP contribution is 2.19. The summed E-state index contributed by atoms with van der Waals surface area (Å²) >= 11 is 0. The Morgan fingerprint density at radius 1 is 0.955 bits per heavy atom. The number of piperazine rings is 1. The summed E-state index contributed by atoms with van der Waals surface area (Å²) in [5.74, 6) is 0.162. The Labute approximate surface area is 132 Å². The molecule has 22 heavy (non-hydrogen) atoms. The predicted octanol–water partition coefficient (Wildman–Crippen LogP) is 1.71. The molecule has 0 unspecified atom stereocenters. The lowest BCUT2D eigenvalue weighted by Crippen LogP contribution is -3.14.